The number of fused-ring (bicyclic) bond motifs is 1. The van der Waals surface area contributed by atoms with E-state index < -0.39 is 24.5 Å². The van der Waals surface area contributed by atoms with Crippen LogP contribution in [-0.4, -0.2) is 37.7 Å². The minimum atomic E-state index is -0.746. The number of imide groups is 1. The molecule has 8 nitrogen and oxygen atoms in total. The lowest BCUT2D eigenvalue weighted by Gasteiger charge is -2.19. The first kappa shape index (κ1) is 20.2. The zero-order valence-corrected chi connectivity index (χ0v) is 16.2. The molecule has 0 unspecified atom stereocenters. The Labute approximate surface area is 168 Å². The van der Waals surface area contributed by atoms with E-state index in [4.69, 9.17) is 14.2 Å². The Morgan fingerprint density at radius 1 is 1.00 bits per heavy atom. The molecule has 1 aliphatic heterocycles. The van der Waals surface area contributed by atoms with E-state index >= 15 is 0 Å². The molecule has 29 heavy (non-hydrogen) atoms. The molecular formula is C21H22N2O6. The number of urea groups is 1. The van der Waals surface area contributed by atoms with Crippen LogP contribution in [0.25, 0.3) is 0 Å². The maximum absolute atomic E-state index is 12.0. The number of ether oxygens (including phenoxy) is 3. The van der Waals surface area contributed by atoms with Crippen LogP contribution in [0.15, 0.2) is 42.5 Å². The number of esters is 1. The Morgan fingerprint density at radius 3 is 2.38 bits per heavy atom. The maximum Gasteiger partial charge on any atom is 0.338 e. The van der Waals surface area contributed by atoms with Gasteiger partial charge < -0.3 is 19.5 Å². The molecule has 8 heteroatoms. The molecule has 0 atom stereocenters. The molecule has 0 bridgehead atoms. The number of hydrogen-bond acceptors (Lipinski definition) is 6. The Balaban J connectivity index is 1.46. The van der Waals surface area contributed by atoms with Gasteiger partial charge in [0.15, 0.2) is 18.1 Å². The van der Waals surface area contributed by atoms with Crippen LogP contribution < -0.4 is 20.1 Å². The minimum absolute atomic E-state index is 0.336. The summed E-state index contributed by atoms with van der Waals surface area (Å²) in [7, 11) is 0. The molecule has 1 aliphatic rings. The maximum atomic E-state index is 12.0. The van der Waals surface area contributed by atoms with Gasteiger partial charge in [-0.15, -0.1) is 0 Å². The van der Waals surface area contributed by atoms with Crippen LogP contribution in [0.3, 0.4) is 0 Å². The zero-order valence-electron chi connectivity index (χ0n) is 16.2. The quantitative estimate of drug-likeness (QED) is 0.751. The van der Waals surface area contributed by atoms with Gasteiger partial charge in [-0.1, -0.05) is 26.0 Å². The fourth-order valence-electron chi connectivity index (χ4n) is 2.66. The smallest absolute Gasteiger partial charge is 0.338 e. The number of rotatable bonds is 5. The molecule has 3 amide bonds. The average Bonchev–Trinajstić information content (AvgIpc) is 2.72. The number of nitrogens with one attached hydrogen (secondary N) is 2. The first-order valence-corrected chi connectivity index (χ1v) is 9.20. The van der Waals surface area contributed by atoms with Crippen LogP contribution in [0.5, 0.6) is 11.5 Å². The molecule has 1 heterocycles. The summed E-state index contributed by atoms with van der Waals surface area (Å²) in [5.74, 6) is 0.0675. The third-order valence-corrected chi connectivity index (χ3v) is 4.20. The largest absolute Gasteiger partial charge is 0.486 e. The number of anilines is 1. The standard InChI is InChI=1S/C21H22N2O6/c1-13(2)14-3-5-15(6-4-14)20(25)29-12-19(24)23-21(26)22-16-7-8-17-18(11-16)28-10-9-27-17/h3-8,11,13H,9-10,12H2,1-2H3,(H2,22,23,24,26). The van der Waals surface area contributed by atoms with Crippen molar-refractivity contribution in [2.45, 2.75) is 19.8 Å². The Hall–Kier alpha value is -3.55. The van der Waals surface area contributed by atoms with Crippen molar-refractivity contribution < 1.29 is 28.6 Å². The molecule has 2 aromatic carbocycles. The highest BCUT2D eigenvalue weighted by molar-refractivity contribution is 6.02. The third kappa shape index (κ3) is 5.47. The molecule has 0 fully saturated rings. The van der Waals surface area contributed by atoms with E-state index in [9.17, 15) is 14.4 Å². The van der Waals surface area contributed by atoms with Gasteiger partial charge in [0, 0.05) is 11.8 Å². The van der Waals surface area contributed by atoms with Gasteiger partial charge in [0.05, 0.1) is 5.56 Å². The molecule has 2 aromatic rings. The van der Waals surface area contributed by atoms with Gasteiger partial charge in [-0.2, -0.15) is 0 Å². The first-order valence-electron chi connectivity index (χ1n) is 9.20. The van der Waals surface area contributed by atoms with Crippen molar-refractivity contribution in [2.24, 2.45) is 0 Å². The normalized spacial score (nSPS) is 12.2. The number of carbonyl (C=O) groups is 3. The highest BCUT2D eigenvalue weighted by atomic mass is 16.6. The van der Waals surface area contributed by atoms with E-state index in [1.54, 1.807) is 30.3 Å². The second kappa shape index (κ2) is 9.09. The summed E-state index contributed by atoms with van der Waals surface area (Å²) in [6, 6.07) is 11.1. The second-order valence-electron chi connectivity index (χ2n) is 6.71. The van der Waals surface area contributed by atoms with Gasteiger partial charge in [0.1, 0.15) is 13.2 Å². The SMILES string of the molecule is CC(C)c1ccc(C(=O)OCC(=O)NC(=O)Nc2ccc3c(c2)OCCO3)cc1. The molecule has 3 rings (SSSR count). The topological polar surface area (TPSA) is 103 Å². The summed E-state index contributed by atoms with van der Waals surface area (Å²) in [6.45, 7) is 4.42. The number of benzene rings is 2. The van der Waals surface area contributed by atoms with Gasteiger partial charge in [0.25, 0.3) is 5.91 Å². The van der Waals surface area contributed by atoms with Crippen LogP contribution in [0.4, 0.5) is 10.5 Å². The zero-order chi connectivity index (χ0) is 20.8. The van der Waals surface area contributed by atoms with Crippen molar-refractivity contribution in [3.63, 3.8) is 0 Å². The van der Waals surface area contributed by atoms with E-state index in [0.29, 0.717) is 41.9 Å². The predicted molar refractivity (Wildman–Crippen MR) is 105 cm³/mol. The Bertz CT molecular complexity index is 908. The highest BCUT2D eigenvalue weighted by Gasteiger charge is 2.15. The average molecular weight is 398 g/mol. The van der Waals surface area contributed by atoms with Crippen LogP contribution in [0.2, 0.25) is 0 Å². The van der Waals surface area contributed by atoms with Gasteiger partial charge in [-0.3, -0.25) is 10.1 Å². The molecule has 0 aromatic heterocycles. The van der Waals surface area contributed by atoms with E-state index in [2.05, 4.69) is 10.6 Å². The number of hydrogen-bond donors (Lipinski definition) is 2. The van der Waals surface area contributed by atoms with Crippen LogP contribution >= 0.6 is 0 Å². The molecule has 0 radical (unpaired) electrons. The summed E-state index contributed by atoms with van der Waals surface area (Å²) in [5.41, 5.74) is 1.86. The van der Waals surface area contributed by atoms with Crippen molar-refractivity contribution in [2.75, 3.05) is 25.1 Å². The van der Waals surface area contributed by atoms with Crippen molar-refractivity contribution >= 4 is 23.6 Å². The molecule has 0 spiro atoms. The van der Waals surface area contributed by atoms with E-state index in [-0.39, 0.29) is 0 Å². The summed E-state index contributed by atoms with van der Waals surface area (Å²) in [6.07, 6.45) is 0. The first-order chi connectivity index (χ1) is 13.9. The lowest BCUT2D eigenvalue weighted by molar-refractivity contribution is -0.123. The van der Waals surface area contributed by atoms with Crippen molar-refractivity contribution in [1.82, 2.24) is 5.32 Å². The fraction of sp³-hybridized carbons (Fsp3) is 0.286. The van der Waals surface area contributed by atoms with Gasteiger partial charge in [-0.05, 0) is 35.7 Å². The Morgan fingerprint density at radius 2 is 1.69 bits per heavy atom. The molecule has 2 N–H and O–H groups in total. The lowest BCUT2D eigenvalue weighted by atomic mass is 10.0. The highest BCUT2D eigenvalue weighted by Crippen LogP contribution is 2.32. The van der Waals surface area contributed by atoms with Crippen LogP contribution in [0.1, 0.15) is 35.7 Å². The number of amides is 3. The molecule has 0 saturated carbocycles. The van der Waals surface area contributed by atoms with Crippen molar-refractivity contribution in [3.05, 3.63) is 53.6 Å². The number of carbonyl (C=O) groups excluding carboxylic acids is 3. The van der Waals surface area contributed by atoms with Crippen LogP contribution in [-0.2, 0) is 9.53 Å². The molecule has 152 valence electrons. The monoisotopic (exact) mass is 398 g/mol. The summed E-state index contributed by atoms with van der Waals surface area (Å²) in [5, 5.41) is 4.61. The van der Waals surface area contributed by atoms with E-state index in [1.165, 1.54) is 0 Å². The summed E-state index contributed by atoms with van der Waals surface area (Å²) >= 11 is 0. The summed E-state index contributed by atoms with van der Waals surface area (Å²) in [4.78, 5) is 35.8. The fourth-order valence-corrected chi connectivity index (χ4v) is 2.66. The van der Waals surface area contributed by atoms with Crippen LogP contribution in [0, 0.1) is 0 Å². The molecule has 0 saturated heterocycles. The van der Waals surface area contributed by atoms with Gasteiger partial charge in [0.2, 0.25) is 0 Å². The van der Waals surface area contributed by atoms with Crippen molar-refractivity contribution in [1.29, 1.82) is 0 Å². The van der Waals surface area contributed by atoms with Gasteiger partial charge >= 0.3 is 12.0 Å². The predicted octanol–water partition coefficient (Wildman–Crippen LogP) is 3.09. The van der Waals surface area contributed by atoms with E-state index in [0.717, 1.165) is 5.56 Å². The van der Waals surface area contributed by atoms with Gasteiger partial charge in [-0.25, -0.2) is 9.59 Å². The lowest BCUT2D eigenvalue weighted by Crippen LogP contribution is -2.37. The molecule has 0 aliphatic carbocycles. The van der Waals surface area contributed by atoms with Crippen molar-refractivity contribution in [3.8, 4) is 11.5 Å². The minimum Gasteiger partial charge on any atom is -0.486 e. The van der Waals surface area contributed by atoms with E-state index in [1.807, 2.05) is 26.0 Å². The summed E-state index contributed by atoms with van der Waals surface area (Å²) < 4.78 is 15.8. The third-order valence-electron chi connectivity index (χ3n) is 4.20. The second-order valence-corrected chi connectivity index (χ2v) is 6.71. The Kier molecular flexibility index (Phi) is 6.33. The molecular weight excluding hydrogens is 376 g/mol.